The molecular weight excluding hydrogens is 296 g/mol. The van der Waals surface area contributed by atoms with Crippen molar-refractivity contribution in [2.45, 2.75) is 43.7 Å². The molecule has 0 bridgehead atoms. The molecule has 3 N–H and O–H groups in total. The summed E-state index contributed by atoms with van der Waals surface area (Å²) < 4.78 is 5.51. The van der Waals surface area contributed by atoms with E-state index in [4.69, 9.17) is 4.74 Å². The van der Waals surface area contributed by atoms with Gasteiger partial charge in [0.1, 0.15) is 11.4 Å². The second kappa shape index (κ2) is 6.58. The predicted octanol–water partition coefficient (Wildman–Crippen LogP) is 0.832. The zero-order valence-electron chi connectivity index (χ0n) is 13.0. The molecule has 6 nitrogen and oxygen atoms in total. The van der Waals surface area contributed by atoms with Crippen molar-refractivity contribution in [3.05, 3.63) is 29.8 Å². The van der Waals surface area contributed by atoms with E-state index >= 15 is 0 Å². The van der Waals surface area contributed by atoms with Crippen LogP contribution in [0.15, 0.2) is 24.3 Å². The van der Waals surface area contributed by atoms with Crippen molar-refractivity contribution in [1.82, 2.24) is 10.6 Å². The molecule has 23 heavy (non-hydrogen) atoms. The maximum absolute atomic E-state index is 12.0. The fourth-order valence-electron chi connectivity index (χ4n) is 3.25. The maximum Gasteiger partial charge on any atom is 0.309 e. The van der Waals surface area contributed by atoms with E-state index < -0.39 is 17.4 Å². The van der Waals surface area contributed by atoms with Gasteiger partial charge in [-0.25, -0.2) is 0 Å². The number of amides is 2. The van der Waals surface area contributed by atoms with Crippen molar-refractivity contribution in [3.8, 4) is 5.75 Å². The van der Waals surface area contributed by atoms with E-state index in [2.05, 4.69) is 10.6 Å². The van der Waals surface area contributed by atoms with Crippen LogP contribution in [0, 0.1) is 0 Å². The van der Waals surface area contributed by atoms with Crippen molar-refractivity contribution >= 4 is 11.8 Å². The summed E-state index contributed by atoms with van der Waals surface area (Å²) in [5.41, 5.74) is -0.569. The van der Waals surface area contributed by atoms with E-state index in [-0.39, 0.29) is 12.6 Å². The van der Waals surface area contributed by atoms with E-state index in [1.165, 1.54) is 0 Å². The Balaban J connectivity index is 1.59. The molecule has 1 saturated carbocycles. The second-order valence-corrected chi connectivity index (χ2v) is 6.26. The Morgan fingerprint density at radius 1 is 1.22 bits per heavy atom. The van der Waals surface area contributed by atoms with E-state index in [1.807, 2.05) is 12.1 Å². The molecule has 1 heterocycles. The lowest BCUT2D eigenvalue weighted by atomic mass is 9.88. The molecule has 2 aliphatic rings. The highest BCUT2D eigenvalue weighted by atomic mass is 16.5. The Bertz CT molecular complexity index is 598. The van der Waals surface area contributed by atoms with Gasteiger partial charge in [0.25, 0.3) is 0 Å². The highest BCUT2D eigenvalue weighted by Gasteiger charge is 2.36. The molecular formula is C17H22N2O4. The monoisotopic (exact) mass is 318 g/mol. The van der Waals surface area contributed by atoms with Crippen LogP contribution in [0.3, 0.4) is 0 Å². The second-order valence-electron chi connectivity index (χ2n) is 6.26. The van der Waals surface area contributed by atoms with E-state index in [0.717, 1.165) is 25.7 Å². The van der Waals surface area contributed by atoms with Crippen LogP contribution in [0.2, 0.25) is 0 Å². The summed E-state index contributed by atoms with van der Waals surface area (Å²) in [6.07, 6.45) is 4.39. The average molecular weight is 318 g/mol. The summed E-state index contributed by atoms with van der Waals surface area (Å²) in [4.78, 5) is 23.9. The number of para-hydroxylation sites is 1. The predicted molar refractivity (Wildman–Crippen MR) is 83.9 cm³/mol. The van der Waals surface area contributed by atoms with Gasteiger partial charge in [-0.1, -0.05) is 31.0 Å². The number of aliphatic hydroxyl groups is 1. The largest absolute Gasteiger partial charge is 0.493 e. The topological polar surface area (TPSA) is 87.7 Å². The van der Waals surface area contributed by atoms with Crippen molar-refractivity contribution in [2.24, 2.45) is 0 Å². The first kappa shape index (κ1) is 15.8. The Morgan fingerprint density at radius 3 is 2.74 bits per heavy atom. The molecule has 1 fully saturated rings. The minimum absolute atomic E-state index is 0.00963. The van der Waals surface area contributed by atoms with E-state index in [9.17, 15) is 14.7 Å². The van der Waals surface area contributed by atoms with Gasteiger partial charge in [0.15, 0.2) is 0 Å². The Morgan fingerprint density at radius 2 is 1.96 bits per heavy atom. The summed E-state index contributed by atoms with van der Waals surface area (Å²) in [6.45, 7) is 0.363. The lowest BCUT2D eigenvalue weighted by molar-refractivity contribution is -0.140. The van der Waals surface area contributed by atoms with Crippen LogP contribution in [0.1, 0.15) is 37.7 Å². The number of hydrogen-bond donors (Lipinski definition) is 3. The molecule has 0 radical (unpaired) electrons. The lowest BCUT2D eigenvalue weighted by Crippen LogP contribution is -2.49. The molecule has 6 heteroatoms. The first-order valence-electron chi connectivity index (χ1n) is 8.12. The zero-order chi connectivity index (χ0) is 16.3. The quantitative estimate of drug-likeness (QED) is 0.721. The number of hydrogen-bond acceptors (Lipinski definition) is 4. The minimum atomic E-state index is -1.21. The van der Waals surface area contributed by atoms with Gasteiger partial charge in [0.2, 0.25) is 0 Å². The molecule has 3 rings (SSSR count). The van der Waals surface area contributed by atoms with Gasteiger partial charge in [0.05, 0.1) is 13.2 Å². The smallest absolute Gasteiger partial charge is 0.309 e. The van der Waals surface area contributed by atoms with E-state index in [1.54, 1.807) is 12.1 Å². The summed E-state index contributed by atoms with van der Waals surface area (Å²) in [5, 5.41) is 16.1. The standard InChI is InChI=1S/C17H22N2O4/c20-15(16(21)19-12-5-1-2-6-12)18-11-17(22)9-10-23-14-8-4-3-7-13(14)17/h3-4,7-8,12,22H,1-2,5-6,9-11H2,(H,18,20)(H,19,21). The highest BCUT2D eigenvalue weighted by Crippen LogP contribution is 2.36. The fourth-order valence-corrected chi connectivity index (χ4v) is 3.25. The fraction of sp³-hybridized carbons (Fsp3) is 0.529. The van der Waals surface area contributed by atoms with Gasteiger partial charge < -0.3 is 20.5 Å². The third kappa shape index (κ3) is 3.47. The summed E-state index contributed by atoms with van der Waals surface area (Å²) in [5.74, 6) is -0.707. The Labute approximate surface area is 135 Å². The molecule has 124 valence electrons. The first-order valence-corrected chi connectivity index (χ1v) is 8.12. The summed E-state index contributed by atoms with van der Waals surface area (Å²) in [7, 11) is 0. The van der Waals surface area contributed by atoms with Crippen molar-refractivity contribution in [2.75, 3.05) is 13.2 Å². The third-order valence-electron chi connectivity index (χ3n) is 4.60. The average Bonchev–Trinajstić information content (AvgIpc) is 3.06. The normalized spacial score (nSPS) is 23.7. The molecule has 1 atom stereocenters. The number of ether oxygens (including phenoxy) is 1. The van der Waals surface area contributed by atoms with Crippen LogP contribution in [0.4, 0.5) is 0 Å². The zero-order valence-corrected chi connectivity index (χ0v) is 13.0. The van der Waals surface area contributed by atoms with Crippen molar-refractivity contribution in [3.63, 3.8) is 0 Å². The van der Waals surface area contributed by atoms with Gasteiger partial charge in [-0.3, -0.25) is 9.59 Å². The number of carbonyl (C=O) groups is 2. The molecule has 0 aromatic heterocycles. The molecule has 1 unspecified atom stereocenters. The molecule has 0 saturated heterocycles. The number of fused-ring (bicyclic) bond motifs is 1. The van der Waals surface area contributed by atoms with Crippen molar-refractivity contribution < 1.29 is 19.4 Å². The van der Waals surface area contributed by atoms with Crippen LogP contribution in [0.25, 0.3) is 0 Å². The van der Waals surface area contributed by atoms with Crippen molar-refractivity contribution in [1.29, 1.82) is 0 Å². The van der Waals surface area contributed by atoms with Crippen LogP contribution < -0.4 is 15.4 Å². The summed E-state index contributed by atoms with van der Waals surface area (Å²) >= 11 is 0. The van der Waals surface area contributed by atoms with Gasteiger partial charge >= 0.3 is 11.8 Å². The molecule has 1 aliphatic heterocycles. The van der Waals surface area contributed by atoms with Gasteiger partial charge in [-0.15, -0.1) is 0 Å². The summed E-state index contributed by atoms with van der Waals surface area (Å²) in [6, 6.07) is 7.30. The molecule has 0 spiro atoms. The molecule has 2 amide bonds. The molecule has 1 aliphatic carbocycles. The number of nitrogens with one attached hydrogen (secondary N) is 2. The first-order chi connectivity index (χ1) is 11.1. The number of carbonyl (C=O) groups excluding carboxylic acids is 2. The Hall–Kier alpha value is -2.08. The Kier molecular flexibility index (Phi) is 4.52. The molecule has 1 aromatic rings. The van der Waals surface area contributed by atoms with E-state index in [0.29, 0.717) is 24.3 Å². The SMILES string of the molecule is O=C(NCC1(O)CCOc2ccccc21)C(=O)NC1CCCC1. The van der Waals surface area contributed by atoms with Crippen LogP contribution in [-0.4, -0.2) is 36.1 Å². The lowest BCUT2D eigenvalue weighted by Gasteiger charge is -2.34. The van der Waals surface area contributed by atoms with Crippen LogP contribution >= 0.6 is 0 Å². The third-order valence-corrected chi connectivity index (χ3v) is 4.60. The molecule has 1 aromatic carbocycles. The van der Waals surface area contributed by atoms with Gasteiger partial charge in [0, 0.05) is 18.0 Å². The van der Waals surface area contributed by atoms with Gasteiger partial charge in [-0.2, -0.15) is 0 Å². The minimum Gasteiger partial charge on any atom is -0.493 e. The number of rotatable bonds is 3. The van der Waals surface area contributed by atoms with Crippen LogP contribution in [0.5, 0.6) is 5.75 Å². The maximum atomic E-state index is 12.0. The highest BCUT2D eigenvalue weighted by molar-refractivity contribution is 6.35. The van der Waals surface area contributed by atoms with Gasteiger partial charge in [-0.05, 0) is 18.9 Å². The number of benzene rings is 1. The van der Waals surface area contributed by atoms with Crippen LogP contribution in [-0.2, 0) is 15.2 Å².